The molecule has 3 nitrogen and oxygen atoms in total. The summed E-state index contributed by atoms with van der Waals surface area (Å²) in [6.45, 7) is 16.5. The van der Waals surface area contributed by atoms with Crippen molar-refractivity contribution in [1.82, 2.24) is 15.1 Å². The third kappa shape index (κ3) is 6.17. The second-order valence-corrected chi connectivity index (χ2v) is 6.62. The van der Waals surface area contributed by atoms with Gasteiger partial charge >= 0.3 is 0 Å². The number of hydrogen-bond donors (Lipinski definition) is 1. The molecule has 0 amide bonds. The molecular formula is C15H33N3. The van der Waals surface area contributed by atoms with Crippen LogP contribution in [-0.4, -0.2) is 62.2 Å². The van der Waals surface area contributed by atoms with Crippen molar-refractivity contribution in [1.29, 1.82) is 0 Å². The lowest BCUT2D eigenvalue weighted by Crippen LogP contribution is -2.42. The maximum absolute atomic E-state index is 3.58. The molecule has 0 saturated carbocycles. The number of hydrogen-bond acceptors (Lipinski definition) is 3. The van der Waals surface area contributed by atoms with Gasteiger partial charge in [0.25, 0.3) is 0 Å². The first-order chi connectivity index (χ1) is 8.49. The molecule has 0 aliphatic carbocycles. The van der Waals surface area contributed by atoms with Crippen molar-refractivity contribution in [3.63, 3.8) is 0 Å². The zero-order valence-corrected chi connectivity index (χ0v) is 13.1. The summed E-state index contributed by atoms with van der Waals surface area (Å²) in [6, 6.07) is 0.699. The van der Waals surface area contributed by atoms with Crippen LogP contribution < -0.4 is 5.32 Å². The Labute approximate surface area is 114 Å². The van der Waals surface area contributed by atoms with Crippen molar-refractivity contribution in [3.05, 3.63) is 0 Å². The predicted molar refractivity (Wildman–Crippen MR) is 80.0 cm³/mol. The zero-order valence-electron chi connectivity index (χ0n) is 13.1. The van der Waals surface area contributed by atoms with Gasteiger partial charge in [0.05, 0.1) is 0 Å². The van der Waals surface area contributed by atoms with Crippen LogP contribution in [0.4, 0.5) is 0 Å². The molecule has 18 heavy (non-hydrogen) atoms. The van der Waals surface area contributed by atoms with E-state index in [4.69, 9.17) is 0 Å². The van der Waals surface area contributed by atoms with E-state index in [1.54, 1.807) is 0 Å². The lowest BCUT2D eigenvalue weighted by atomic mass is 10.1. The largest absolute Gasteiger partial charge is 0.316 e. The monoisotopic (exact) mass is 255 g/mol. The molecule has 1 aliphatic rings. The van der Waals surface area contributed by atoms with E-state index in [-0.39, 0.29) is 0 Å². The van der Waals surface area contributed by atoms with Gasteiger partial charge in [-0.1, -0.05) is 20.8 Å². The number of rotatable bonds is 6. The maximum Gasteiger partial charge on any atom is 0.0194 e. The first-order valence-corrected chi connectivity index (χ1v) is 7.62. The molecule has 2 unspecified atom stereocenters. The fourth-order valence-electron chi connectivity index (χ4n) is 2.78. The minimum absolute atomic E-state index is 0.699. The van der Waals surface area contributed by atoms with E-state index < -0.39 is 0 Å². The van der Waals surface area contributed by atoms with Crippen LogP contribution in [-0.2, 0) is 0 Å². The number of likely N-dealkylation sites (N-methyl/N-ethyl adjacent to an activating group) is 1. The summed E-state index contributed by atoms with van der Waals surface area (Å²) in [6.07, 6.45) is 1.31. The fraction of sp³-hybridized carbons (Fsp3) is 1.00. The van der Waals surface area contributed by atoms with Gasteiger partial charge in [-0.25, -0.2) is 0 Å². The summed E-state index contributed by atoms with van der Waals surface area (Å²) in [5.74, 6) is 1.50. The quantitative estimate of drug-likeness (QED) is 0.782. The number of nitrogens with one attached hydrogen (secondary N) is 1. The SMILES string of the molecule is CC(C)CNCC(C)CN1CCCN(C)CC1C. The minimum atomic E-state index is 0.699. The van der Waals surface area contributed by atoms with Crippen molar-refractivity contribution >= 4 is 0 Å². The van der Waals surface area contributed by atoms with Gasteiger partial charge in [0.2, 0.25) is 0 Å². The molecule has 0 aromatic carbocycles. The molecule has 1 N–H and O–H groups in total. The highest BCUT2D eigenvalue weighted by molar-refractivity contribution is 4.77. The van der Waals surface area contributed by atoms with Gasteiger partial charge in [-0.15, -0.1) is 0 Å². The summed E-state index contributed by atoms with van der Waals surface area (Å²) in [4.78, 5) is 5.14. The van der Waals surface area contributed by atoms with Gasteiger partial charge in [-0.2, -0.15) is 0 Å². The van der Waals surface area contributed by atoms with E-state index in [9.17, 15) is 0 Å². The molecule has 0 radical (unpaired) electrons. The molecule has 0 aromatic rings. The highest BCUT2D eigenvalue weighted by atomic mass is 15.2. The molecule has 2 atom stereocenters. The first-order valence-electron chi connectivity index (χ1n) is 7.62. The lowest BCUT2D eigenvalue weighted by Gasteiger charge is -2.30. The summed E-state index contributed by atoms with van der Waals surface area (Å²) in [5, 5.41) is 3.58. The standard InChI is InChI=1S/C15H33N3/c1-13(2)9-16-10-14(3)11-18-8-6-7-17(5)12-15(18)4/h13-16H,6-12H2,1-5H3. The minimum Gasteiger partial charge on any atom is -0.316 e. The van der Waals surface area contributed by atoms with Crippen LogP contribution in [0, 0.1) is 11.8 Å². The van der Waals surface area contributed by atoms with Crippen molar-refractivity contribution in [2.24, 2.45) is 11.8 Å². The van der Waals surface area contributed by atoms with Crippen molar-refractivity contribution in [2.75, 3.05) is 46.3 Å². The molecule has 3 heteroatoms. The average molecular weight is 255 g/mol. The Morgan fingerprint density at radius 2 is 1.89 bits per heavy atom. The van der Waals surface area contributed by atoms with Gasteiger partial charge in [0.1, 0.15) is 0 Å². The van der Waals surface area contributed by atoms with Crippen molar-refractivity contribution in [3.8, 4) is 0 Å². The molecule has 1 fully saturated rings. The topological polar surface area (TPSA) is 18.5 Å². The molecule has 1 rings (SSSR count). The second kappa shape index (κ2) is 8.13. The van der Waals surface area contributed by atoms with E-state index in [1.165, 1.54) is 32.6 Å². The maximum atomic E-state index is 3.58. The third-order valence-electron chi connectivity index (χ3n) is 3.78. The Kier molecular flexibility index (Phi) is 7.20. The average Bonchev–Trinajstić information content (AvgIpc) is 2.40. The van der Waals surface area contributed by atoms with Crippen LogP contribution in [0.25, 0.3) is 0 Å². The van der Waals surface area contributed by atoms with E-state index >= 15 is 0 Å². The molecule has 0 spiro atoms. The normalized spacial score (nSPS) is 25.3. The van der Waals surface area contributed by atoms with Crippen molar-refractivity contribution in [2.45, 2.75) is 40.2 Å². The molecule has 0 aromatic heterocycles. The van der Waals surface area contributed by atoms with Gasteiger partial charge in [0.15, 0.2) is 0 Å². The molecule has 108 valence electrons. The van der Waals surface area contributed by atoms with Gasteiger partial charge in [-0.05, 0) is 58.4 Å². The predicted octanol–water partition coefficient (Wildman–Crippen LogP) is 1.89. The van der Waals surface area contributed by atoms with Crippen LogP contribution >= 0.6 is 0 Å². The Morgan fingerprint density at radius 1 is 1.17 bits per heavy atom. The van der Waals surface area contributed by atoms with E-state index in [2.05, 4.69) is 49.9 Å². The highest BCUT2D eigenvalue weighted by Gasteiger charge is 2.20. The summed E-state index contributed by atoms with van der Waals surface area (Å²) < 4.78 is 0. The van der Waals surface area contributed by atoms with Crippen LogP contribution in [0.5, 0.6) is 0 Å². The molecule has 0 bridgehead atoms. The fourth-order valence-corrected chi connectivity index (χ4v) is 2.78. The van der Waals surface area contributed by atoms with Gasteiger partial charge in [0, 0.05) is 19.1 Å². The summed E-state index contributed by atoms with van der Waals surface area (Å²) >= 11 is 0. The summed E-state index contributed by atoms with van der Waals surface area (Å²) in [7, 11) is 2.24. The first kappa shape index (κ1) is 15.9. The van der Waals surface area contributed by atoms with Gasteiger partial charge in [-0.3, -0.25) is 4.90 Å². The van der Waals surface area contributed by atoms with Crippen LogP contribution in [0.2, 0.25) is 0 Å². The molecular weight excluding hydrogens is 222 g/mol. The second-order valence-electron chi connectivity index (χ2n) is 6.62. The molecule has 1 heterocycles. The lowest BCUT2D eigenvalue weighted by molar-refractivity contribution is 0.176. The Balaban J connectivity index is 2.26. The van der Waals surface area contributed by atoms with Gasteiger partial charge < -0.3 is 10.2 Å². The number of nitrogens with zero attached hydrogens (tertiary/aromatic N) is 2. The Bertz CT molecular complexity index is 218. The van der Waals surface area contributed by atoms with Crippen LogP contribution in [0.15, 0.2) is 0 Å². The molecule has 1 aliphatic heterocycles. The van der Waals surface area contributed by atoms with Crippen LogP contribution in [0.1, 0.15) is 34.1 Å². The smallest absolute Gasteiger partial charge is 0.0194 e. The van der Waals surface area contributed by atoms with Crippen molar-refractivity contribution < 1.29 is 0 Å². The highest BCUT2D eigenvalue weighted by Crippen LogP contribution is 2.11. The summed E-state index contributed by atoms with van der Waals surface area (Å²) in [5.41, 5.74) is 0. The van der Waals surface area contributed by atoms with E-state index in [0.717, 1.165) is 24.9 Å². The van der Waals surface area contributed by atoms with E-state index in [0.29, 0.717) is 6.04 Å². The van der Waals surface area contributed by atoms with Crippen LogP contribution in [0.3, 0.4) is 0 Å². The van der Waals surface area contributed by atoms with E-state index in [1.807, 2.05) is 0 Å². The Morgan fingerprint density at radius 3 is 2.56 bits per heavy atom. The zero-order chi connectivity index (χ0) is 13.5. The molecule has 1 saturated heterocycles. The Hall–Kier alpha value is -0.120. The third-order valence-corrected chi connectivity index (χ3v) is 3.78.